The number of nitrogens with two attached hydrogens (primary N) is 1. The van der Waals surface area contributed by atoms with Crippen LogP contribution >= 0.6 is 0 Å². The molecule has 0 spiro atoms. The van der Waals surface area contributed by atoms with Gasteiger partial charge in [0, 0.05) is 43.5 Å². The van der Waals surface area contributed by atoms with Crippen molar-refractivity contribution in [2.75, 3.05) is 18.8 Å². The Hall–Kier alpha value is -2.66. The molecule has 2 aromatic rings. The second kappa shape index (κ2) is 9.23. The highest BCUT2D eigenvalue weighted by Gasteiger charge is 2.31. The molecular weight excluding hydrogens is 365 g/mol. The summed E-state index contributed by atoms with van der Waals surface area (Å²) >= 11 is 0. The Labute approximate surface area is 172 Å². The predicted octanol–water partition coefficient (Wildman–Crippen LogP) is 4.10. The van der Waals surface area contributed by atoms with Gasteiger partial charge in [-0.2, -0.15) is 0 Å². The predicted molar refractivity (Wildman–Crippen MR) is 117 cm³/mol. The van der Waals surface area contributed by atoms with Crippen molar-refractivity contribution in [3.8, 4) is 0 Å². The number of amides is 1. The number of hydrogen-bond acceptors (Lipinski definition) is 3. The zero-order valence-corrected chi connectivity index (χ0v) is 17.4. The summed E-state index contributed by atoms with van der Waals surface area (Å²) < 4.78 is 13.1. The van der Waals surface area contributed by atoms with Crippen LogP contribution in [0.5, 0.6) is 0 Å². The van der Waals surface area contributed by atoms with Gasteiger partial charge in [-0.25, -0.2) is 4.39 Å². The molecule has 5 heteroatoms. The number of aryl methyl sites for hydroxylation is 1. The van der Waals surface area contributed by atoms with Gasteiger partial charge in [0.25, 0.3) is 0 Å². The first-order chi connectivity index (χ1) is 13.9. The molecule has 2 aromatic carbocycles. The van der Waals surface area contributed by atoms with Crippen LogP contribution < -0.4 is 5.73 Å². The molecule has 2 atom stereocenters. The minimum absolute atomic E-state index is 0.00380. The summed E-state index contributed by atoms with van der Waals surface area (Å²) in [6.07, 6.45) is 4.36. The average molecular weight is 396 g/mol. The van der Waals surface area contributed by atoms with Crippen molar-refractivity contribution in [2.24, 2.45) is 0 Å². The van der Waals surface area contributed by atoms with Crippen LogP contribution in [0.25, 0.3) is 6.08 Å². The Morgan fingerprint density at radius 3 is 2.31 bits per heavy atom. The molecule has 0 saturated carbocycles. The number of benzene rings is 2. The van der Waals surface area contributed by atoms with E-state index in [2.05, 4.69) is 25.7 Å². The number of rotatable bonds is 5. The van der Waals surface area contributed by atoms with E-state index in [4.69, 9.17) is 5.73 Å². The van der Waals surface area contributed by atoms with Crippen molar-refractivity contribution < 1.29 is 9.18 Å². The monoisotopic (exact) mass is 395 g/mol. The van der Waals surface area contributed by atoms with E-state index in [1.165, 1.54) is 17.7 Å². The molecule has 0 bridgehead atoms. The summed E-state index contributed by atoms with van der Waals surface area (Å²) in [6, 6.07) is 13.0. The molecule has 4 nitrogen and oxygen atoms in total. The van der Waals surface area contributed by atoms with Gasteiger partial charge in [0.1, 0.15) is 5.82 Å². The van der Waals surface area contributed by atoms with E-state index < -0.39 is 0 Å². The summed E-state index contributed by atoms with van der Waals surface area (Å²) in [6.45, 7) is 8.43. The van der Waals surface area contributed by atoms with E-state index in [0.717, 1.165) is 24.1 Å². The minimum Gasteiger partial charge on any atom is -0.398 e. The van der Waals surface area contributed by atoms with E-state index in [0.29, 0.717) is 18.8 Å². The van der Waals surface area contributed by atoms with Gasteiger partial charge in [-0.05, 0) is 61.2 Å². The van der Waals surface area contributed by atoms with Crippen molar-refractivity contribution in [3.05, 3.63) is 71.0 Å². The molecule has 1 amide bonds. The summed E-state index contributed by atoms with van der Waals surface area (Å²) in [7, 11) is 0. The molecule has 2 unspecified atom stereocenters. The average Bonchev–Trinajstić information content (AvgIpc) is 2.70. The lowest BCUT2D eigenvalue weighted by Crippen LogP contribution is -2.57. The molecule has 154 valence electrons. The fourth-order valence-corrected chi connectivity index (χ4v) is 3.91. The van der Waals surface area contributed by atoms with Gasteiger partial charge in [0.2, 0.25) is 5.91 Å². The highest BCUT2D eigenvalue weighted by Crippen LogP contribution is 2.21. The third-order valence-corrected chi connectivity index (χ3v) is 5.66. The van der Waals surface area contributed by atoms with Crippen LogP contribution in [0.15, 0.2) is 48.5 Å². The molecule has 29 heavy (non-hydrogen) atoms. The van der Waals surface area contributed by atoms with Gasteiger partial charge in [0.15, 0.2) is 0 Å². The van der Waals surface area contributed by atoms with Gasteiger partial charge in [-0.1, -0.05) is 31.2 Å². The molecule has 0 aliphatic carbocycles. The largest absolute Gasteiger partial charge is 0.398 e. The number of piperazine rings is 1. The van der Waals surface area contributed by atoms with Gasteiger partial charge in [-0.15, -0.1) is 0 Å². The molecule has 1 saturated heterocycles. The van der Waals surface area contributed by atoms with E-state index >= 15 is 0 Å². The quantitative estimate of drug-likeness (QED) is 0.612. The third-order valence-electron chi connectivity index (χ3n) is 5.66. The lowest BCUT2D eigenvalue weighted by atomic mass is 10.0. The van der Waals surface area contributed by atoms with Crippen LogP contribution in [0.2, 0.25) is 0 Å². The van der Waals surface area contributed by atoms with E-state index in [1.54, 1.807) is 12.2 Å². The highest BCUT2D eigenvalue weighted by molar-refractivity contribution is 5.92. The van der Waals surface area contributed by atoms with Crippen LogP contribution in [0.3, 0.4) is 0 Å². The van der Waals surface area contributed by atoms with E-state index in [1.807, 2.05) is 35.2 Å². The first kappa shape index (κ1) is 21.1. The van der Waals surface area contributed by atoms with Crippen molar-refractivity contribution in [1.29, 1.82) is 0 Å². The molecule has 0 aromatic heterocycles. The normalized spacial score (nSPS) is 20.3. The number of anilines is 1. The Balaban J connectivity index is 1.62. The van der Waals surface area contributed by atoms with Crippen LogP contribution in [-0.4, -0.2) is 40.9 Å². The van der Waals surface area contributed by atoms with Crippen LogP contribution in [-0.2, 0) is 17.8 Å². The minimum atomic E-state index is -0.220. The second-order valence-corrected chi connectivity index (χ2v) is 7.89. The fourth-order valence-electron chi connectivity index (χ4n) is 3.91. The third kappa shape index (κ3) is 5.24. The van der Waals surface area contributed by atoms with E-state index in [9.17, 15) is 9.18 Å². The summed E-state index contributed by atoms with van der Waals surface area (Å²) in [5.41, 5.74) is 9.93. The fraction of sp³-hybridized carbons (Fsp3) is 0.375. The first-order valence-corrected chi connectivity index (χ1v) is 10.2. The molecule has 0 radical (unpaired) electrons. The number of halogens is 1. The van der Waals surface area contributed by atoms with Crippen molar-refractivity contribution in [3.63, 3.8) is 0 Å². The zero-order valence-electron chi connectivity index (χ0n) is 17.4. The SMILES string of the molecule is CCc1ccc(/C=C/C(=O)N2CC(C)N(Cc3ccc(F)cc3)C(C)C2)c(N)c1. The number of nitrogens with zero attached hydrogens (tertiary/aromatic N) is 2. The lowest BCUT2D eigenvalue weighted by Gasteiger charge is -2.44. The first-order valence-electron chi connectivity index (χ1n) is 10.2. The van der Waals surface area contributed by atoms with Gasteiger partial charge < -0.3 is 10.6 Å². The van der Waals surface area contributed by atoms with Crippen LogP contribution in [0.1, 0.15) is 37.5 Å². The maximum Gasteiger partial charge on any atom is 0.246 e. The Morgan fingerprint density at radius 2 is 1.72 bits per heavy atom. The van der Waals surface area contributed by atoms with Crippen molar-refractivity contribution in [1.82, 2.24) is 9.80 Å². The standard InChI is InChI=1S/C24H30FN3O/c1-4-19-5-8-21(23(26)13-19)9-12-24(29)27-14-17(2)28(18(3)15-27)16-20-6-10-22(25)11-7-20/h5-13,17-18H,4,14-16,26H2,1-3H3/b12-9+. The van der Waals surface area contributed by atoms with E-state index in [-0.39, 0.29) is 23.8 Å². The molecule has 2 N–H and O–H groups in total. The number of carbonyl (C=O) groups excluding carboxylic acids is 1. The maximum absolute atomic E-state index is 13.1. The Morgan fingerprint density at radius 1 is 1.10 bits per heavy atom. The number of carbonyl (C=O) groups is 1. The zero-order chi connectivity index (χ0) is 21.0. The maximum atomic E-state index is 13.1. The molecule has 1 fully saturated rings. The Kier molecular flexibility index (Phi) is 6.70. The summed E-state index contributed by atoms with van der Waals surface area (Å²) in [5, 5.41) is 0. The summed E-state index contributed by atoms with van der Waals surface area (Å²) in [4.78, 5) is 17.0. The lowest BCUT2D eigenvalue weighted by molar-refractivity contribution is -0.130. The topological polar surface area (TPSA) is 49.6 Å². The summed E-state index contributed by atoms with van der Waals surface area (Å²) in [5.74, 6) is -0.217. The van der Waals surface area contributed by atoms with Gasteiger partial charge in [0.05, 0.1) is 0 Å². The number of nitrogen functional groups attached to an aromatic ring is 1. The van der Waals surface area contributed by atoms with Gasteiger partial charge >= 0.3 is 0 Å². The van der Waals surface area contributed by atoms with Crippen molar-refractivity contribution >= 4 is 17.7 Å². The van der Waals surface area contributed by atoms with Gasteiger partial charge in [-0.3, -0.25) is 9.69 Å². The highest BCUT2D eigenvalue weighted by atomic mass is 19.1. The smallest absolute Gasteiger partial charge is 0.246 e. The Bertz CT molecular complexity index is 866. The van der Waals surface area contributed by atoms with Crippen molar-refractivity contribution in [2.45, 2.75) is 45.8 Å². The second-order valence-electron chi connectivity index (χ2n) is 7.89. The molecular formula is C24H30FN3O. The van der Waals surface area contributed by atoms with Crippen LogP contribution in [0.4, 0.5) is 10.1 Å². The molecule has 1 aliphatic rings. The molecule has 1 aliphatic heterocycles. The molecule has 1 heterocycles. The number of hydrogen-bond donors (Lipinski definition) is 1. The molecule has 3 rings (SSSR count). The van der Waals surface area contributed by atoms with Crippen LogP contribution in [0, 0.1) is 5.82 Å².